The van der Waals surface area contributed by atoms with Gasteiger partial charge in [-0.05, 0) is 29.5 Å². The third-order valence-electron chi connectivity index (χ3n) is 2.55. The molecular weight excluding hydrogens is 196 g/mol. The maximum Gasteiger partial charge on any atom is 0.0622 e. The predicted molar refractivity (Wildman–Crippen MR) is 68.5 cm³/mol. The molecule has 0 aliphatic rings. The van der Waals surface area contributed by atoms with E-state index in [0.717, 1.165) is 18.7 Å². The average molecular weight is 216 g/mol. The van der Waals surface area contributed by atoms with Crippen molar-refractivity contribution in [3.05, 3.63) is 29.8 Å². The van der Waals surface area contributed by atoms with Gasteiger partial charge >= 0.3 is 0 Å². The molecule has 0 bridgehead atoms. The van der Waals surface area contributed by atoms with E-state index in [1.807, 2.05) is 0 Å². The molecule has 0 aliphatic carbocycles. The van der Waals surface area contributed by atoms with Gasteiger partial charge in [-0.15, -0.1) is 0 Å². The monoisotopic (exact) mass is 216 g/mol. The van der Waals surface area contributed by atoms with E-state index in [4.69, 9.17) is 5.26 Å². The van der Waals surface area contributed by atoms with Crippen molar-refractivity contribution >= 4 is 5.69 Å². The normalized spacial score (nSPS) is 10.9. The lowest BCUT2D eigenvalue weighted by Gasteiger charge is -2.19. The first kappa shape index (κ1) is 12.6. The third-order valence-corrected chi connectivity index (χ3v) is 2.55. The molecule has 1 rings (SSSR count). The maximum absolute atomic E-state index is 8.41. The van der Waals surface area contributed by atoms with Crippen molar-refractivity contribution in [2.45, 2.75) is 39.0 Å². The number of rotatable bonds is 4. The lowest BCUT2D eigenvalue weighted by molar-refractivity contribution is 0.590. The highest BCUT2D eigenvalue weighted by Crippen LogP contribution is 2.23. The Morgan fingerprint density at radius 1 is 1.19 bits per heavy atom. The summed E-state index contributed by atoms with van der Waals surface area (Å²) in [5.74, 6) is 0. The van der Waals surface area contributed by atoms with Gasteiger partial charge in [0.1, 0.15) is 0 Å². The molecule has 0 amide bonds. The van der Waals surface area contributed by atoms with Crippen LogP contribution in [0.15, 0.2) is 24.3 Å². The molecule has 0 aromatic heterocycles. The Kier molecular flexibility index (Phi) is 4.37. The molecule has 0 fully saturated rings. The van der Waals surface area contributed by atoms with E-state index in [0.29, 0.717) is 6.42 Å². The smallest absolute Gasteiger partial charge is 0.0622 e. The van der Waals surface area contributed by atoms with Gasteiger partial charge in [-0.3, -0.25) is 0 Å². The summed E-state index contributed by atoms with van der Waals surface area (Å²) >= 11 is 0. The summed E-state index contributed by atoms with van der Waals surface area (Å²) < 4.78 is 0. The van der Waals surface area contributed by atoms with Crippen LogP contribution in [-0.2, 0) is 5.41 Å². The highest BCUT2D eigenvalue weighted by atomic mass is 14.9. The number of hydrogen-bond donors (Lipinski definition) is 1. The van der Waals surface area contributed by atoms with Gasteiger partial charge in [0, 0.05) is 18.7 Å². The van der Waals surface area contributed by atoms with Crippen LogP contribution in [0.25, 0.3) is 0 Å². The Morgan fingerprint density at radius 3 is 2.31 bits per heavy atom. The van der Waals surface area contributed by atoms with E-state index in [9.17, 15) is 0 Å². The Hall–Kier alpha value is -1.49. The molecule has 0 heterocycles. The standard InChI is InChI=1S/C14H20N2/c1-14(2,3)12-6-8-13(9-7-12)16-11-5-4-10-15/h6-9,16H,4-5,11H2,1-3H3. The first-order chi connectivity index (χ1) is 7.54. The Labute approximate surface area is 98.3 Å². The Balaban J connectivity index is 2.49. The van der Waals surface area contributed by atoms with E-state index in [1.54, 1.807) is 0 Å². The van der Waals surface area contributed by atoms with Crippen molar-refractivity contribution in [2.75, 3.05) is 11.9 Å². The molecule has 1 N–H and O–H groups in total. The van der Waals surface area contributed by atoms with Gasteiger partial charge in [0.25, 0.3) is 0 Å². The molecule has 0 radical (unpaired) electrons. The summed E-state index contributed by atoms with van der Waals surface area (Å²) in [5.41, 5.74) is 2.68. The van der Waals surface area contributed by atoms with Gasteiger partial charge < -0.3 is 5.32 Å². The van der Waals surface area contributed by atoms with Gasteiger partial charge in [-0.2, -0.15) is 5.26 Å². The van der Waals surface area contributed by atoms with Crippen LogP contribution in [0.5, 0.6) is 0 Å². The summed E-state index contributed by atoms with van der Waals surface area (Å²) in [4.78, 5) is 0. The van der Waals surface area contributed by atoms with Crippen molar-refractivity contribution < 1.29 is 0 Å². The lowest BCUT2D eigenvalue weighted by Crippen LogP contribution is -2.11. The summed E-state index contributed by atoms with van der Waals surface area (Å²) in [5, 5.41) is 11.7. The molecule has 2 heteroatoms. The van der Waals surface area contributed by atoms with Gasteiger partial charge in [-0.1, -0.05) is 32.9 Å². The summed E-state index contributed by atoms with van der Waals surface area (Å²) in [6.45, 7) is 7.50. The van der Waals surface area contributed by atoms with Crippen LogP contribution >= 0.6 is 0 Å². The SMILES string of the molecule is CC(C)(C)c1ccc(NCCCC#N)cc1. The van der Waals surface area contributed by atoms with Crippen molar-refractivity contribution in [1.82, 2.24) is 0 Å². The van der Waals surface area contributed by atoms with Crippen LogP contribution in [0.1, 0.15) is 39.2 Å². The molecule has 0 saturated carbocycles. The third kappa shape index (κ3) is 3.94. The molecule has 2 nitrogen and oxygen atoms in total. The molecule has 1 aromatic carbocycles. The van der Waals surface area contributed by atoms with Crippen LogP contribution in [0.3, 0.4) is 0 Å². The highest BCUT2D eigenvalue weighted by Gasteiger charge is 2.12. The molecule has 16 heavy (non-hydrogen) atoms. The van der Waals surface area contributed by atoms with Gasteiger partial charge in [0.2, 0.25) is 0 Å². The first-order valence-electron chi connectivity index (χ1n) is 5.75. The fourth-order valence-corrected chi connectivity index (χ4v) is 1.49. The van der Waals surface area contributed by atoms with Gasteiger partial charge in [0.15, 0.2) is 0 Å². The summed E-state index contributed by atoms with van der Waals surface area (Å²) in [6.07, 6.45) is 1.52. The number of nitrogens with zero attached hydrogens (tertiary/aromatic N) is 1. The number of hydrogen-bond acceptors (Lipinski definition) is 2. The van der Waals surface area contributed by atoms with Crippen LogP contribution in [0, 0.1) is 11.3 Å². The van der Waals surface area contributed by atoms with E-state index < -0.39 is 0 Å². The summed E-state index contributed by atoms with van der Waals surface area (Å²) in [6, 6.07) is 10.7. The van der Waals surface area contributed by atoms with Gasteiger partial charge in [0.05, 0.1) is 6.07 Å². The van der Waals surface area contributed by atoms with Crippen LogP contribution in [0.2, 0.25) is 0 Å². The zero-order chi connectivity index (χ0) is 12.0. The van der Waals surface area contributed by atoms with Crippen molar-refractivity contribution in [2.24, 2.45) is 0 Å². The Bertz CT molecular complexity index is 352. The number of benzene rings is 1. The highest BCUT2D eigenvalue weighted by molar-refractivity contribution is 5.45. The van der Waals surface area contributed by atoms with E-state index in [1.165, 1.54) is 5.56 Å². The second-order valence-electron chi connectivity index (χ2n) is 5.02. The second-order valence-corrected chi connectivity index (χ2v) is 5.02. The molecule has 0 unspecified atom stereocenters. The predicted octanol–water partition coefficient (Wildman–Crippen LogP) is 3.70. The fourth-order valence-electron chi connectivity index (χ4n) is 1.49. The minimum Gasteiger partial charge on any atom is -0.385 e. The van der Waals surface area contributed by atoms with Crippen LogP contribution in [-0.4, -0.2) is 6.54 Å². The van der Waals surface area contributed by atoms with Crippen LogP contribution < -0.4 is 5.32 Å². The summed E-state index contributed by atoms with van der Waals surface area (Å²) in [7, 11) is 0. The minimum atomic E-state index is 0.208. The van der Waals surface area contributed by atoms with E-state index >= 15 is 0 Å². The average Bonchev–Trinajstić information content (AvgIpc) is 2.24. The Morgan fingerprint density at radius 2 is 1.81 bits per heavy atom. The topological polar surface area (TPSA) is 35.8 Å². The fraction of sp³-hybridized carbons (Fsp3) is 0.500. The van der Waals surface area contributed by atoms with Crippen LogP contribution in [0.4, 0.5) is 5.69 Å². The van der Waals surface area contributed by atoms with Crippen molar-refractivity contribution in [1.29, 1.82) is 5.26 Å². The van der Waals surface area contributed by atoms with E-state index in [2.05, 4.69) is 56.4 Å². The molecule has 0 aliphatic heterocycles. The molecule has 0 atom stereocenters. The number of unbranched alkanes of at least 4 members (excludes halogenated alkanes) is 1. The largest absolute Gasteiger partial charge is 0.385 e. The van der Waals surface area contributed by atoms with Crippen molar-refractivity contribution in [3.63, 3.8) is 0 Å². The molecule has 86 valence electrons. The van der Waals surface area contributed by atoms with Crippen molar-refractivity contribution in [3.8, 4) is 6.07 Å². The molecular formula is C14H20N2. The first-order valence-corrected chi connectivity index (χ1v) is 5.75. The number of nitrogens with one attached hydrogen (secondary N) is 1. The molecule has 0 spiro atoms. The van der Waals surface area contributed by atoms with E-state index in [-0.39, 0.29) is 5.41 Å². The molecule has 1 aromatic rings. The lowest BCUT2D eigenvalue weighted by atomic mass is 9.87. The number of anilines is 1. The minimum absolute atomic E-state index is 0.208. The zero-order valence-electron chi connectivity index (χ0n) is 10.4. The molecule has 0 saturated heterocycles. The number of nitriles is 1. The maximum atomic E-state index is 8.41. The zero-order valence-corrected chi connectivity index (χ0v) is 10.4. The second kappa shape index (κ2) is 5.55. The van der Waals surface area contributed by atoms with Gasteiger partial charge in [-0.25, -0.2) is 0 Å². The quantitative estimate of drug-likeness (QED) is 0.779.